The van der Waals surface area contributed by atoms with Crippen molar-refractivity contribution >= 4 is 21.8 Å². The standard InChI is InChI=1S/C40H36N4O.Pd/c1-24(2)35-20-26(4)19-27(5)39(35)40-28(6)42-44(29(40)7)30-11-10-12-31(22-30)45-32-15-16-34-33-13-8-9-14-36(33)43(37(34)23-32)38-21-25(3)17-18-41-38;/h8-21,24H,1-7H3;/q-2;+2. The Morgan fingerprint density at radius 3 is 2.30 bits per heavy atom. The van der Waals surface area contributed by atoms with Crippen molar-refractivity contribution in [3.63, 3.8) is 0 Å². The summed E-state index contributed by atoms with van der Waals surface area (Å²) in [6, 6.07) is 34.1. The second-order valence-corrected chi connectivity index (χ2v) is 12.3. The number of hydrogen-bond acceptors (Lipinski definition) is 3. The predicted molar refractivity (Wildman–Crippen MR) is 183 cm³/mol. The van der Waals surface area contributed by atoms with Crippen LogP contribution < -0.4 is 4.74 Å². The van der Waals surface area contributed by atoms with E-state index in [1.807, 2.05) is 41.2 Å². The summed E-state index contributed by atoms with van der Waals surface area (Å²) >= 11 is 0. The maximum absolute atomic E-state index is 6.42. The van der Waals surface area contributed by atoms with Crippen LogP contribution in [0.25, 0.3) is 44.4 Å². The smallest absolute Gasteiger partial charge is 0.509 e. The van der Waals surface area contributed by atoms with Gasteiger partial charge in [0.25, 0.3) is 0 Å². The number of pyridine rings is 1. The molecule has 0 radical (unpaired) electrons. The second-order valence-electron chi connectivity index (χ2n) is 12.3. The molecule has 0 amide bonds. The Morgan fingerprint density at radius 2 is 1.52 bits per heavy atom. The second kappa shape index (κ2) is 12.4. The molecule has 0 bridgehead atoms. The van der Waals surface area contributed by atoms with E-state index in [9.17, 15) is 0 Å². The van der Waals surface area contributed by atoms with Crippen LogP contribution in [0.5, 0.6) is 11.5 Å². The summed E-state index contributed by atoms with van der Waals surface area (Å²) in [5.74, 6) is 2.47. The van der Waals surface area contributed by atoms with Gasteiger partial charge in [0.05, 0.1) is 5.69 Å². The Morgan fingerprint density at radius 1 is 0.739 bits per heavy atom. The Bertz CT molecular complexity index is 2240. The van der Waals surface area contributed by atoms with E-state index in [4.69, 9.17) is 14.8 Å². The van der Waals surface area contributed by atoms with Crippen molar-refractivity contribution in [3.8, 4) is 34.1 Å². The molecule has 0 saturated heterocycles. The van der Waals surface area contributed by atoms with E-state index in [0.717, 1.165) is 50.3 Å². The molecular formula is C40H36N4OPd. The zero-order valence-electron chi connectivity index (χ0n) is 27.2. The molecule has 0 spiro atoms. The number of aromatic nitrogens is 4. The molecule has 7 aromatic rings. The average Bonchev–Trinajstić information content (AvgIpc) is 3.49. The molecule has 0 aliphatic rings. The van der Waals surface area contributed by atoms with Gasteiger partial charge in [-0.1, -0.05) is 55.3 Å². The van der Waals surface area contributed by atoms with Crippen molar-refractivity contribution < 1.29 is 25.2 Å². The van der Waals surface area contributed by atoms with Gasteiger partial charge in [-0.3, -0.25) is 4.68 Å². The molecule has 0 aliphatic carbocycles. The number of nitrogens with zero attached hydrogens (tertiary/aromatic N) is 4. The molecule has 0 unspecified atom stereocenters. The summed E-state index contributed by atoms with van der Waals surface area (Å²) in [4.78, 5) is 4.69. The Balaban J connectivity index is 0.00000372. The van der Waals surface area contributed by atoms with Crippen LogP contribution in [-0.4, -0.2) is 19.3 Å². The minimum Gasteiger partial charge on any atom is -0.509 e. The Labute approximate surface area is 284 Å². The van der Waals surface area contributed by atoms with Gasteiger partial charge in [-0.25, -0.2) is 4.98 Å². The van der Waals surface area contributed by atoms with Gasteiger partial charge < -0.3 is 9.30 Å². The van der Waals surface area contributed by atoms with Gasteiger partial charge in [0.15, 0.2) is 0 Å². The zero-order valence-corrected chi connectivity index (χ0v) is 28.7. The summed E-state index contributed by atoms with van der Waals surface area (Å²) in [6.45, 7) is 15.2. The normalized spacial score (nSPS) is 11.4. The van der Waals surface area contributed by atoms with Gasteiger partial charge in [-0.05, 0) is 92.1 Å². The largest absolute Gasteiger partial charge is 2.00 e. The third kappa shape index (κ3) is 5.47. The van der Waals surface area contributed by atoms with Gasteiger partial charge >= 0.3 is 20.4 Å². The molecule has 46 heavy (non-hydrogen) atoms. The number of ether oxygens (including phenoxy) is 1. The first-order chi connectivity index (χ1) is 21.7. The molecule has 232 valence electrons. The molecule has 0 N–H and O–H groups in total. The molecule has 0 aliphatic heterocycles. The molecule has 7 rings (SSSR count). The minimum atomic E-state index is 0. The van der Waals surface area contributed by atoms with Crippen molar-refractivity contribution in [1.29, 1.82) is 0 Å². The van der Waals surface area contributed by atoms with E-state index < -0.39 is 0 Å². The molecule has 5 nitrogen and oxygen atoms in total. The van der Waals surface area contributed by atoms with Crippen LogP contribution in [0.15, 0.2) is 85.1 Å². The first kappa shape index (κ1) is 31.5. The van der Waals surface area contributed by atoms with Crippen LogP contribution in [0.2, 0.25) is 0 Å². The summed E-state index contributed by atoms with van der Waals surface area (Å²) in [5, 5.41) is 7.25. The number of fused-ring (bicyclic) bond motifs is 3. The molecule has 0 fully saturated rings. The average molecular weight is 695 g/mol. The Kier molecular flexibility index (Phi) is 8.46. The monoisotopic (exact) mass is 694 g/mol. The van der Waals surface area contributed by atoms with Gasteiger partial charge in [0.1, 0.15) is 5.82 Å². The van der Waals surface area contributed by atoms with E-state index in [1.54, 1.807) is 0 Å². The number of para-hydroxylation sites is 1. The van der Waals surface area contributed by atoms with Gasteiger partial charge in [-0.2, -0.15) is 17.2 Å². The third-order valence-corrected chi connectivity index (χ3v) is 8.56. The third-order valence-electron chi connectivity index (χ3n) is 8.56. The first-order valence-corrected chi connectivity index (χ1v) is 15.5. The van der Waals surface area contributed by atoms with Crippen LogP contribution in [-0.2, 0) is 20.4 Å². The molecule has 0 saturated carbocycles. The minimum absolute atomic E-state index is 0. The maximum Gasteiger partial charge on any atom is 2.00 e. The van der Waals surface area contributed by atoms with Gasteiger partial charge in [-0.15, -0.1) is 35.7 Å². The van der Waals surface area contributed by atoms with Crippen LogP contribution in [0.4, 0.5) is 0 Å². The van der Waals surface area contributed by atoms with Crippen LogP contribution in [0.1, 0.15) is 53.4 Å². The van der Waals surface area contributed by atoms with Crippen LogP contribution in [0, 0.1) is 46.8 Å². The van der Waals surface area contributed by atoms with Crippen molar-refractivity contribution in [1.82, 2.24) is 19.3 Å². The van der Waals surface area contributed by atoms with Crippen molar-refractivity contribution in [2.45, 2.75) is 54.4 Å². The molecule has 3 heterocycles. The van der Waals surface area contributed by atoms with E-state index in [1.165, 1.54) is 27.8 Å². The van der Waals surface area contributed by atoms with Crippen molar-refractivity contribution in [2.24, 2.45) is 0 Å². The van der Waals surface area contributed by atoms with E-state index in [0.29, 0.717) is 17.4 Å². The predicted octanol–water partition coefficient (Wildman–Crippen LogP) is 10.1. The fourth-order valence-electron chi connectivity index (χ4n) is 6.59. The summed E-state index contributed by atoms with van der Waals surface area (Å²) < 4.78 is 10.6. The van der Waals surface area contributed by atoms with Crippen LogP contribution in [0.3, 0.4) is 0 Å². The summed E-state index contributed by atoms with van der Waals surface area (Å²) in [7, 11) is 0. The molecule has 0 atom stereocenters. The summed E-state index contributed by atoms with van der Waals surface area (Å²) in [5.41, 5.74) is 12.4. The maximum atomic E-state index is 6.42. The van der Waals surface area contributed by atoms with Gasteiger partial charge in [0.2, 0.25) is 0 Å². The number of benzene rings is 4. The molecule has 4 aromatic carbocycles. The van der Waals surface area contributed by atoms with E-state index in [2.05, 4.69) is 114 Å². The van der Waals surface area contributed by atoms with E-state index in [-0.39, 0.29) is 20.4 Å². The first-order valence-electron chi connectivity index (χ1n) is 15.5. The summed E-state index contributed by atoms with van der Waals surface area (Å²) in [6.07, 6.45) is 1.85. The quantitative estimate of drug-likeness (QED) is 0.129. The van der Waals surface area contributed by atoms with Crippen LogP contribution >= 0.6 is 0 Å². The number of hydrogen-bond donors (Lipinski definition) is 0. The molecule has 6 heteroatoms. The van der Waals surface area contributed by atoms with Gasteiger partial charge in [0, 0.05) is 34.5 Å². The zero-order chi connectivity index (χ0) is 31.4. The fourth-order valence-corrected chi connectivity index (χ4v) is 6.59. The van der Waals surface area contributed by atoms with Crippen molar-refractivity contribution in [2.75, 3.05) is 0 Å². The number of aryl methyl sites for hydroxylation is 4. The van der Waals surface area contributed by atoms with Crippen molar-refractivity contribution in [3.05, 3.63) is 131 Å². The number of rotatable bonds is 6. The molecule has 3 aromatic heterocycles. The fraction of sp³-hybridized carbons (Fsp3) is 0.200. The Hall–Kier alpha value is -4.50. The molecular weight excluding hydrogens is 659 g/mol. The topological polar surface area (TPSA) is 44.9 Å². The SMILES string of the molecule is Cc1ccnc(-n2c3[c-]c(Oc4[c-]c(-n5nc(C)c(-c6c(C)cc(C)cc6C(C)C)c5C)ccc4)ccc3c3ccccc32)c1.[Pd+2]. The van der Waals surface area contributed by atoms with E-state index >= 15 is 0 Å².